The number of aromatic nitrogens is 4. The molecule has 21 heavy (non-hydrogen) atoms. The van der Waals surface area contributed by atoms with E-state index in [1.54, 1.807) is 16.8 Å². The second kappa shape index (κ2) is 5.01. The van der Waals surface area contributed by atoms with E-state index in [4.69, 9.17) is 0 Å². The summed E-state index contributed by atoms with van der Waals surface area (Å²) in [5.41, 5.74) is 5.11. The third-order valence-electron chi connectivity index (χ3n) is 3.46. The van der Waals surface area contributed by atoms with Crippen molar-refractivity contribution < 1.29 is 5.11 Å². The van der Waals surface area contributed by atoms with Crippen LogP contribution in [0.2, 0.25) is 0 Å². The van der Waals surface area contributed by atoms with Crippen LogP contribution in [-0.4, -0.2) is 25.1 Å². The summed E-state index contributed by atoms with van der Waals surface area (Å²) in [6.07, 6.45) is 1.97. The Labute approximate surface area is 122 Å². The molecule has 0 unspecified atom stereocenters. The fourth-order valence-electron chi connectivity index (χ4n) is 2.41. The van der Waals surface area contributed by atoms with Crippen molar-refractivity contribution in [1.29, 1.82) is 0 Å². The van der Waals surface area contributed by atoms with Gasteiger partial charge in [-0.25, -0.2) is 0 Å². The number of para-hydroxylation sites is 1. The molecule has 0 aliphatic heterocycles. The maximum absolute atomic E-state index is 9.97. The molecule has 3 rings (SSSR count). The highest BCUT2D eigenvalue weighted by Crippen LogP contribution is 2.31. The van der Waals surface area contributed by atoms with Crippen LogP contribution in [-0.2, 0) is 7.05 Å². The fraction of sp³-hybridized carbons (Fsp3) is 0.188. The molecule has 3 aromatic rings. The summed E-state index contributed by atoms with van der Waals surface area (Å²) in [6.45, 7) is 3.89. The number of rotatable bonds is 2. The lowest BCUT2D eigenvalue weighted by Gasteiger charge is -2.07. The average molecular weight is 280 g/mol. The van der Waals surface area contributed by atoms with Crippen molar-refractivity contribution in [3.05, 3.63) is 47.9 Å². The van der Waals surface area contributed by atoms with Crippen LogP contribution in [0.5, 0.6) is 5.75 Å². The first-order valence-electron chi connectivity index (χ1n) is 6.69. The minimum atomic E-state index is 0.199. The number of nitrogens with zero attached hydrogens (tertiary/aromatic N) is 4. The lowest BCUT2D eigenvalue weighted by Crippen LogP contribution is -1.95. The van der Waals surface area contributed by atoms with Gasteiger partial charge in [0.15, 0.2) is 0 Å². The van der Waals surface area contributed by atoms with E-state index in [1.807, 2.05) is 45.3 Å². The summed E-state index contributed by atoms with van der Waals surface area (Å²) in [7, 11) is 1.89. The summed E-state index contributed by atoms with van der Waals surface area (Å²) in [4.78, 5) is 0. The van der Waals surface area contributed by atoms with Gasteiger partial charge in [0.05, 0.1) is 17.1 Å². The number of hydrogen-bond donors (Lipinski definition) is 1. The van der Waals surface area contributed by atoms with Gasteiger partial charge in [-0.3, -0.25) is 4.68 Å². The summed E-state index contributed by atoms with van der Waals surface area (Å²) >= 11 is 0. The fourth-order valence-corrected chi connectivity index (χ4v) is 2.41. The molecule has 0 bridgehead atoms. The lowest BCUT2D eigenvalue weighted by molar-refractivity contribution is 0.477. The number of aromatic hydroxyl groups is 1. The summed E-state index contributed by atoms with van der Waals surface area (Å²) in [5, 5.41) is 22.8. The van der Waals surface area contributed by atoms with Crippen LogP contribution in [0.15, 0.2) is 36.5 Å². The molecule has 0 atom stereocenters. The number of hydrogen-bond acceptors (Lipinski definition) is 4. The first-order valence-corrected chi connectivity index (χ1v) is 6.69. The Hall–Kier alpha value is -2.69. The molecular weight excluding hydrogens is 264 g/mol. The van der Waals surface area contributed by atoms with Crippen LogP contribution in [0.3, 0.4) is 0 Å². The van der Waals surface area contributed by atoms with Gasteiger partial charge in [0.2, 0.25) is 0 Å². The maximum atomic E-state index is 9.97. The minimum absolute atomic E-state index is 0.199. The second-order valence-electron chi connectivity index (χ2n) is 5.05. The molecule has 1 N–H and O–H groups in total. The van der Waals surface area contributed by atoms with Crippen LogP contribution in [0.4, 0.5) is 0 Å². The lowest BCUT2D eigenvalue weighted by atomic mass is 10.0. The van der Waals surface area contributed by atoms with Gasteiger partial charge in [-0.05, 0) is 32.0 Å². The highest BCUT2D eigenvalue weighted by Gasteiger charge is 2.13. The zero-order chi connectivity index (χ0) is 15.0. The van der Waals surface area contributed by atoms with E-state index in [-0.39, 0.29) is 5.75 Å². The predicted molar refractivity (Wildman–Crippen MR) is 80.8 cm³/mol. The SMILES string of the molecule is Cc1nnc(-c2ccccc2O)cc1-c1cn(C)nc1C. The molecule has 5 nitrogen and oxygen atoms in total. The molecule has 0 fully saturated rings. The average Bonchev–Trinajstić information content (AvgIpc) is 2.79. The molecule has 2 heterocycles. The Morgan fingerprint density at radius 3 is 2.38 bits per heavy atom. The van der Waals surface area contributed by atoms with Gasteiger partial charge in [0.25, 0.3) is 0 Å². The molecule has 0 aliphatic carbocycles. The molecule has 1 aromatic carbocycles. The van der Waals surface area contributed by atoms with E-state index < -0.39 is 0 Å². The molecule has 0 saturated heterocycles. The molecule has 5 heteroatoms. The van der Waals surface area contributed by atoms with E-state index in [0.29, 0.717) is 11.3 Å². The van der Waals surface area contributed by atoms with Crippen molar-refractivity contribution in [2.75, 3.05) is 0 Å². The third-order valence-corrected chi connectivity index (χ3v) is 3.46. The quantitative estimate of drug-likeness (QED) is 0.784. The van der Waals surface area contributed by atoms with Gasteiger partial charge in [-0.2, -0.15) is 15.3 Å². The van der Waals surface area contributed by atoms with Gasteiger partial charge < -0.3 is 5.11 Å². The monoisotopic (exact) mass is 280 g/mol. The van der Waals surface area contributed by atoms with Crippen LogP contribution in [0.25, 0.3) is 22.4 Å². The molecule has 2 aromatic heterocycles. The highest BCUT2D eigenvalue weighted by atomic mass is 16.3. The van der Waals surface area contributed by atoms with Gasteiger partial charge in [-0.15, -0.1) is 0 Å². The number of phenolic OH excluding ortho intramolecular Hbond substituents is 1. The standard InChI is InChI=1S/C16H16N4O/c1-10-13(14-9-20(3)19-11(14)2)8-15(18-17-10)12-6-4-5-7-16(12)21/h4-9,21H,1-3H3. The van der Waals surface area contributed by atoms with Crippen molar-refractivity contribution in [2.45, 2.75) is 13.8 Å². The number of aryl methyl sites for hydroxylation is 3. The Bertz CT molecular complexity index is 808. The van der Waals surface area contributed by atoms with E-state index in [0.717, 1.165) is 22.5 Å². The Morgan fingerprint density at radius 2 is 1.71 bits per heavy atom. The van der Waals surface area contributed by atoms with Gasteiger partial charge >= 0.3 is 0 Å². The highest BCUT2D eigenvalue weighted by molar-refractivity contribution is 5.74. The number of benzene rings is 1. The molecule has 0 radical (unpaired) electrons. The largest absolute Gasteiger partial charge is 0.507 e. The Morgan fingerprint density at radius 1 is 0.952 bits per heavy atom. The maximum Gasteiger partial charge on any atom is 0.125 e. The zero-order valence-electron chi connectivity index (χ0n) is 12.2. The van der Waals surface area contributed by atoms with Gasteiger partial charge in [-0.1, -0.05) is 12.1 Å². The third kappa shape index (κ3) is 2.38. The van der Waals surface area contributed by atoms with Crippen molar-refractivity contribution in [1.82, 2.24) is 20.0 Å². The Balaban J connectivity index is 2.18. The molecule has 0 aliphatic rings. The van der Waals surface area contributed by atoms with Crippen molar-refractivity contribution in [3.63, 3.8) is 0 Å². The molecule has 0 saturated carbocycles. The Kier molecular flexibility index (Phi) is 3.17. The van der Waals surface area contributed by atoms with Crippen molar-refractivity contribution in [3.8, 4) is 28.1 Å². The normalized spacial score (nSPS) is 10.8. The van der Waals surface area contributed by atoms with Gasteiger partial charge in [0.1, 0.15) is 5.75 Å². The second-order valence-corrected chi connectivity index (χ2v) is 5.05. The van der Waals surface area contributed by atoms with Crippen LogP contribution in [0, 0.1) is 13.8 Å². The topological polar surface area (TPSA) is 63.8 Å². The van der Waals surface area contributed by atoms with Crippen LogP contribution in [0.1, 0.15) is 11.4 Å². The van der Waals surface area contributed by atoms with E-state index in [1.165, 1.54) is 0 Å². The minimum Gasteiger partial charge on any atom is -0.507 e. The van der Waals surface area contributed by atoms with Crippen molar-refractivity contribution >= 4 is 0 Å². The van der Waals surface area contributed by atoms with E-state index >= 15 is 0 Å². The molecule has 0 amide bonds. The van der Waals surface area contributed by atoms with Crippen LogP contribution >= 0.6 is 0 Å². The molecular formula is C16H16N4O. The summed E-state index contributed by atoms with van der Waals surface area (Å²) < 4.78 is 1.78. The summed E-state index contributed by atoms with van der Waals surface area (Å²) in [6, 6.07) is 9.07. The van der Waals surface area contributed by atoms with Crippen molar-refractivity contribution in [2.24, 2.45) is 7.05 Å². The van der Waals surface area contributed by atoms with E-state index in [2.05, 4.69) is 15.3 Å². The number of phenols is 1. The molecule has 0 spiro atoms. The van der Waals surface area contributed by atoms with E-state index in [9.17, 15) is 5.11 Å². The molecule has 106 valence electrons. The summed E-state index contributed by atoms with van der Waals surface area (Å²) in [5.74, 6) is 0.199. The van der Waals surface area contributed by atoms with Gasteiger partial charge in [0, 0.05) is 29.9 Å². The van der Waals surface area contributed by atoms with Crippen LogP contribution < -0.4 is 0 Å². The predicted octanol–water partition coefficient (Wildman–Crippen LogP) is 2.87. The first-order chi connectivity index (χ1) is 10.1. The zero-order valence-corrected chi connectivity index (χ0v) is 12.2. The first kappa shape index (κ1) is 13.3. The smallest absolute Gasteiger partial charge is 0.125 e.